The molecule has 1 aromatic heterocycles. The summed E-state index contributed by atoms with van der Waals surface area (Å²) in [5.74, 6) is -1.14. The van der Waals surface area contributed by atoms with Crippen LogP contribution in [-0.2, 0) is 27.1 Å². The molecule has 1 aliphatic heterocycles. The Morgan fingerprint density at radius 3 is 2.53 bits per heavy atom. The Balaban J connectivity index is 1.45. The zero-order chi connectivity index (χ0) is 25.9. The molecule has 2 aromatic rings. The van der Waals surface area contributed by atoms with Gasteiger partial charge in [0.05, 0.1) is 17.4 Å². The monoisotopic (exact) mass is 523 g/mol. The number of thioether (sulfide) groups is 1. The molecule has 1 saturated heterocycles. The Morgan fingerprint density at radius 1 is 1.22 bits per heavy atom. The Hall–Kier alpha value is -3.31. The average Bonchev–Trinajstić information content (AvgIpc) is 3.38. The highest BCUT2D eigenvalue weighted by Crippen LogP contribution is 2.32. The number of hydrogen-bond acceptors (Lipinski definition) is 8. The number of imide groups is 1. The second-order valence-corrected chi connectivity index (χ2v) is 9.38. The Bertz CT molecular complexity index is 1290. The fourth-order valence-corrected chi connectivity index (χ4v) is 4.29. The van der Waals surface area contributed by atoms with Crippen molar-refractivity contribution in [2.24, 2.45) is 0 Å². The van der Waals surface area contributed by atoms with E-state index in [-0.39, 0.29) is 30.1 Å². The first-order valence-corrected chi connectivity index (χ1v) is 11.6. The first-order chi connectivity index (χ1) is 17.0. The first kappa shape index (κ1) is 25.8. The number of carbonyl (C=O) groups excluding carboxylic acids is 2. The van der Waals surface area contributed by atoms with E-state index in [0.29, 0.717) is 17.6 Å². The molecule has 2 heterocycles. The van der Waals surface area contributed by atoms with Gasteiger partial charge in [0.1, 0.15) is 24.6 Å². The van der Waals surface area contributed by atoms with E-state index < -0.39 is 34.5 Å². The van der Waals surface area contributed by atoms with Crippen LogP contribution in [-0.4, -0.2) is 28.6 Å². The van der Waals surface area contributed by atoms with Crippen molar-refractivity contribution in [2.45, 2.75) is 43.1 Å². The van der Waals surface area contributed by atoms with Gasteiger partial charge in [-0.1, -0.05) is 30.0 Å². The number of rotatable bonds is 9. The molecule has 0 saturated carbocycles. The van der Waals surface area contributed by atoms with Crippen LogP contribution in [0.5, 0.6) is 0 Å². The number of benzene rings is 1. The minimum atomic E-state index is -4.48. The third kappa shape index (κ3) is 6.46. The molecule has 190 valence electrons. The minimum absolute atomic E-state index is 0.0583. The molecule has 3 atom stereocenters. The molecule has 1 aliphatic carbocycles. The molecule has 8 nitrogen and oxygen atoms in total. The smallest absolute Gasteiger partial charge is 0.399 e. The SMILES string of the molecule is CC1(OCC(OCc2coc(=O)o2)c2ccc(C(F)(F)F)cc2)C=C=C(CC2SC(=O)NC2=O)C=C1. The molecule has 2 aliphatic rings. The van der Waals surface area contributed by atoms with Gasteiger partial charge in [-0.15, -0.1) is 5.73 Å². The quantitative estimate of drug-likeness (QED) is 0.472. The summed E-state index contributed by atoms with van der Waals surface area (Å²) in [6.07, 6.45) is 1.26. The highest BCUT2D eigenvalue weighted by Gasteiger charge is 2.33. The lowest BCUT2D eigenvalue weighted by atomic mass is 9.97. The molecule has 36 heavy (non-hydrogen) atoms. The fourth-order valence-electron chi connectivity index (χ4n) is 3.44. The van der Waals surface area contributed by atoms with Crippen molar-refractivity contribution < 1.29 is 41.1 Å². The largest absolute Gasteiger partial charge is 0.518 e. The van der Waals surface area contributed by atoms with Crippen molar-refractivity contribution >= 4 is 22.9 Å². The molecule has 1 aromatic carbocycles. The lowest BCUT2D eigenvalue weighted by Gasteiger charge is -2.27. The number of nitrogens with one attached hydrogen (secondary N) is 1. The number of ether oxygens (including phenoxy) is 2. The third-order valence-electron chi connectivity index (χ3n) is 5.42. The maximum atomic E-state index is 13.0. The van der Waals surface area contributed by atoms with E-state index in [1.54, 1.807) is 25.2 Å². The van der Waals surface area contributed by atoms with E-state index in [9.17, 15) is 27.6 Å². The summed E-state index contributed by atoms with van der Waals surface area (Å²) in [4.78, 5) is 34.2. The molecule has 0 radical (unpaired) electrons. The van der Waals surface area contributed by atoms with Crippen LogP contribution in [0.1, 0.15) is 36.3 Å². The van der Waals surface area contributed by atoms with Gasteiger partial charge >= 0.3 is 12.0 Å². The number of alkyl halides is 3. The van der Waals surface area contributed by atoms with Crippen molar-refractivity contribution in [2.75, 3.05) is 6.61 Å². The Morgan fingerprint density at radius 2 is 1.97 bits per heavy atom. The molecule has 12 heteroatoms. The summed E-state index contributed by atoms with van der Waals surface area (Å²) in [5, 5.41) is 1.33. The predicted molar refractivity (Wildman–Crippen MR) is 121 cm³/mol. The van der Waals surface area contributed by atoms with Gasteiger partial charge in [0.15, 0.2) is 5.76 Å². The molecule has 1 N–H and O–H groups in total. The van der Waals surface area contributed by atoms with E-state index in [1.165, 1.54) is 12.1 Å². The van der Waals surface area contributed by atoms with Gasteiger partial charge < -0.3 is 18.3 Å². The van der Waals surface area contributed by atoms with E-state index in [4.69, 9.17) is 13.9 Å². The standard InChI is InChI=1S/C24H20F3NO7S/c1-23(8-6-14(7-9-23)10-19-20(29)28-21(30)36-19)34-13-18(32-11-17-12-33-22(31)35-17)15-2-4-16(5-3-15)24(25,26)27/h2-6,8-9,12,18-19H,10-11,13H2,1H3,(H,28,29,30). The van der Waals surface area contributed by atoms with Gasteiger partial charge in [0.25, 0.3) is 5.24 Å². The average molecular weight is 523 g/mol. The molecular weight excluding hydrogens is 503 g/mol. The van der Waals surface area contributed by atoms with Crippen LogP contribution >= 0.6 is 11.8 Å². The van der Waals surface area contributed by atoms with Crippen molar-refractivity contribution in [3.63, 3.8) is 0 Å². The molecular formula is C24H20F3NO7S. The number of amides is 2. The summed E-state index contributed by atoms with van der Waals surface area (Å²) < 4.78 is 60.1. The number of halogens is 3. The third-order valence-corrected chi connectivity index (χ3v) is 6.40. The van der Waals surface area contributed by atoms with Gasteiger partial charge in [-0.2, -0.15) is 13.2 Å². The lowest BCUT2D eigenvalue weighted by molar-refractivity contribution is -0.137. The van der Waals surface area contributed by atoms with Crippen LogP contribution in [0.4, 0.5) is 18.0 Å². The normalized spacial score (nSPS) is 22.6. The summed E-state index contributed by atoms with van der Waals surface area (Å²) in [5.41, 5.74) is 2.48. The second-order valence-electron chi connectivity index (χ2n) is 8.20. The number of allylic oxidation sites excluding steroid dienone is 1. The van der Waals surface area contributed by atoms with E-state index >= 15 is 0 Å². The van der Waals surface area contributed by atoms with Gasteiger partial charge in [0, 0.05) is 6.42 Å². The highest BCUT2D eigenvalue weighted by atomic mass is 32.2. The van der Waals surface area contributed by atoms with Crippen molar-refractivity contribution in [3.05, 3.63) is 87.6 Å². The molecule has 1 fully saturated rings. The minimum Gasteiger partial charge on any atom is -0.399 e. The van der Waals surface area contributed by atoms with Crippen LogP contribution in [0.25, 0.3) is 0 Å². The highest BCUT2D eigenvalue weighted by molar-refractivity contribution is 8.15. The van der Waals surface area contributed by atoms with Crippen LogP contribution in [0.3, 0.4) is 0 Å². The predicted octanol–water partition coefficient (Wildman–Crippen LogP) is 4.68. The molecule has 3 unspecified atom stereocenters. The summed E-state index contributed by atoms with van der Waals surface area (Å²) in [6, 6.07) is 4.48. The number of carbonyl (C=O) groups is 2. The molecule has 0 bridgehead atoms. The molecule has 2 amide bonds. The lowest BCUT2D eigenvalue weighted by Crippen LogP contribution is -2.28. The molecule has 4 rings (SSSR count). The second kappa shape index (κ2) is 10.4. The van der Waals surface area contributed by atoms with Crippen LogP contribution in [0.15, 0.2) is 73.7 Å². The van der Waals surface area contributed by atoms with Gasteiger partial charge in [-0.05, 0) is 42.3 Å². The van der Waals surface area contributed by atoms with E-state index in [2.05, 4.69) is 15.5 Å². The maximum Gasteiger partial charge on any atom is 0.518 e. The van der Waals surface area contributed by atoms with Crippen LogP contribution < -0.4 is 11.1 Å². The van der Waals surface area contributed by atoms with Crippen LogP contribution in [0, 0.1) is 0 Å². The van der Waals surface area contributed by atoms with E-state index in [0.717, 1.165) is 30.2 Å². The maximum absolute atomic E-state index is 13.0. The van der Waals surface area contributed by atoms with Gasteiger partial charge in [-0.3, -0.25) is 14.9 Å². The summed E-state index contributed by atoms with van der Waals surface area (Å²) >= 11 is 0.926. The van der Waals surface area contributed by atoms with Crippen LogP contribution in [0.2, 0.25) is 0 Å². The summed E-state index contributed by atoms with van der Waals surface area (Å²) in [6.45, 7) is 1.52. The topological polar surface area (TPSA) is 108 Å². The Labute approximate surface area is 206 Å². The van der Waals surface area contributed by atoms with Crippen molar-refractivity contribution in [1.82, 2.24) is 5.32 Å². The van der Waals surface area contributed by atoms with Gasteiger partial charge in [-0.25, -0.2) is 4.79 Å². The molecule has 0 spiro atoms. The zero-order valence-electron chi connectivity index (χ0n) is 18.8. The van der Waals surface area contributed by atoms with E-state index in [1.807, 2.05) is 0 Å². The number of hydrogen-bond donors (Lipinski definition) is 1. The van der Waals surface area contributed by atoms with Crippen molar-refractivity contribution in [1.29, 1.82) is 0 Å². The fraction of sp³-hybridized carbons (Fsp3) is 0.333. The summed E-state index contributed by atoms with van der Waals surface area (Å²) in [7, 11) is 0. The zero-order valence-corrected chi connectivity index (χ0v) is 19.6. The van der Waals surface area contributed by atoms with Crippen molar-refractivity contribution in [3.8, 4) is 0 Å². The Kier molecular flexibility index (Phi) is 7.41. The first-order valence-electron chi connectivity index (χ1n) is 10.7. The van der Waals surface area contributed by atoms with Gasteiger partial charge in [0.2, 0.25) is 5.91 Å².